The number of likely N-dealkylation sites (N-methyl/N-ethyl adjacent to an activating group) is 1. The van der Waals surface area contributed by atoms with Gasteiger partial charge < -0.3 is 24.8 Å². The van der Waals surface area contributed by atoms with Gasteiger partial charge in [-0.3, -0.25) is 0 Å². The molecule has 0 atom stereocenters. The second kappa shape index (κ2) is 9.95. The van der Waals surface area contributed by atoms with Crippen LogP contribution in [0.5, 0.6) is 5.75 Å². The Morgan fingerprint density at radius 1 is 1.00 bits per heavy atom. The van der Waals surface area contributed by atoms with Crippen LogP contribution in [0.1, 0.15) is 13.8 Å². The fraction of sp³-hybridized carbons (Fsp3) is 0.370. The Morgan fingerprint density at radius 2 is 1.82 bits per heavy atom. The van der Waals surface area contributed by atoms with Crippen LogP contribution in [0.4, 0.5) is 31.2 Å². The summed E-state index contributed by atoms with van der Waals surface area (Å²) in [5.74, 6) is -0.263. The van der Waals surface area contributed by atoms with E-state index >= 15 is 0 Å². The summed E-state index contributed by atoms with van der Waals surface area (Å²) >= 11 is 1.65. The number of thiophene rings is 1. The standard InChI is InChI=1S/C27H29F2N7OS/c1-16(2)36-10-11-37-25-19(28)12-18(13-21(25)36)24-20(29)15-30-27(33-24)32-22-5-4-17-14-23(38-26(17)31-22)35-8-6-34(3)7-9-35/h4-5,12-16H,6-11H2,1-3H3,(H,30,31,32,33). The largest absolute Gasteiger partial charge is 0.486 e. The minimum absolute atomic E-state index is 0.00744. The molecule has 8 nitrogen and oxygen atoms in total. The van der Waals surface area contributed by atoms with Crippen molar-refractivity contribution < 1.29 is 13.5 Å². The lowest BCUT2D eigenvalue weighted by Crippen LogP contribution is -2.44. The van der Waals surface area contributed by atoms with Crippen molar-refractivity contribution in [2.75, 3.05) is 61.5 Å². The molecule has 5 heterocycles. The van der Waals surface area contributed by atoms with Crippen LogP contribution in [0, 0.1) is 11.6 Å². The SMILES string of the molecule is CC(C)N1CCOc2c(F)cc(-c3nc(Nc4ccc5cc(N6CCN(C)CC6)sc5n4)ncc3F)cc21. The number of aromatic nitrogens is 3. The molecule has 198 valence electrons. The minimum atomic E-state index is -0.638. The van der Waals surface area contributed by atoms with Gasteiger partial charge in [0, 0.05) is 43.2 Å². The molecular formula is C27H29F2N7OS. The van der Waals surface area contributed by atoms with Crippen molar-refractivity contribution in [3.05, 3.63) is 48.2 Å². The van der Waals surface area contributed by atoms with Crippen LogP contribution in [-0.2, 0) is 0 Å². The first-order valence-corrected chi connectivity index (χ1v) is 13.5. The molecule has 1 N–H and O–H groups in total. The fourth-order valence-electron chi connectivity index (χ4n) is 4.88. The van der Waals surface area contributed by atoms with Gasteiger partial charge in [-0.15, -0.1) is 0 Å². The van der Waals surface area contributed by atoms with Crippen molar-refractivity contribution in [1.29, 1.82) is 0 Å². The van der Waals surface area contributed by atoms with Gasteiger partial charge in [0.15, 0.2) is 17.4 Å². The highest BCUT2D eigenvalue weighted by atomic mass is 32.1. The van der Waals surface area contributed by atoms with Crippen LogP contribution in [0.15, 0.2) is 36.5 Å². The number of fused-ring (bicyclic) bond motifs is 2. The topological polar surface area (TPSA) is 69.7 Å². The number of benzene rings is 1. The van der Waals surface area contributed by atoms with Gasteiger partial charge in [-0.1, -0.05) is 11.3 Å². The van der Waals surface area contributed by atoms with E-state index in [4.69, 9.17) is 9.72 Å². The number of nitrogens with zero attached hydrogens (tertiary/aromatic N) is 6. The summed E-state index contributed by atoms with van der Waals surface area (Å²) < 4.78 is 35.4. The van der Waals surface area contributed by atoms with Crippen LogP contribution >= 0.6 is 11.3 Å². The van der Waals surface area contributed by atoms with Crippen LogP contribution in [-0.4, -0.2) is 72.3 Å². The van der Waals surface area contributed by atoms with Gasteiger partial charge in [-0.05, 0) is 51.2 Å². The van der Waals surface area contributed by atoms with Gasteiger partial charge in [0.2, 0.25) is 5.95 Å². The minimum Gasteiger partial charge on any atom is -0.486 e. The Morgan fingerprint density at radius 3 is 2.61 bits per heavy atom. The predicted octanol–water partition coefficient (Wildman–Crippen LogP) is 5.13. The number of rotatable bonds is 5. The third-order valence-electron chi connectivity index (χ3n) is 6.98. The lowest BCUT2D eigenvalue weighted by molar-refractivity contribution is 0.287. The van der Waals surface area contributed by atoms with Crippen molar-refractivity contribution >= 4 is 44.0 Å². The summed E-state index contributed by atoms with van der Waals surface area (Å²) in [7, 11) is 2.14. The monoisotopic (exact) mass is 537 g/mol. The Hall–Kier alpha value is -3.57. The zero-order valence-corrected chi connectivity index (χ0v) is 22.4. The number of anilines is 4. The normalized spacial score (nSPS) is 16.2. The maximum atomic E-state index is 15.0. The summed E-state index contributed by atoms with van der Waals surface area (Å²) in [5.41, 5.74) is 0.918. The first kappa shape index (κ1) is 24.7. The highest BCUT2D eigenvalue weighted by Crippen LogP contribution is 2.39. The lowest BCUT2D eigenvalue weighted by Gasteiger charge is -2.34. The molecule has 2 aliphatic heterocycles. The van der Waals surface area contributed by atoms with E-state index in [9.17, 15) is 8.78 Å². The highest BCUT2D eigenvalue weighted by Gasteiger charge is 2.26. The molecule has 11 heteroatoms. The second-order valence-corrected chi connectivity index (χ2v) is 10.9. The van der Waals surface area contributed by atoms with Gasteiger partial charge in [-0.2, -0.15) is 0 Å². The van der Waals surface area contributed by atoms with E-state index in [0.717, 1.165) is 42.6 Å². The lowest BCUT2D eigenvalue weighted by atomic mass is 10.1. The molecule has 2 aliphatic rings. The molecule has 6 rings (SSSR count). The van der Waals surface area contributed by atoms with Crippen LogP contribution in [0.2, 0.25) is 0 Å². The van der Waals surface area contributed by atoms with Crippen molar-refractivity contribution in [2.45, 2.75) is 19.9 Å². The molecule has 4 aromatic rings. The molecule has 1 aromatic carbocycles. The first-order chi connectivity index (χ1) is 18.4. The van der Waals surface area contributed by atoms with Gasteiger partial charge in [-0.25, -0.2) is 23.7 Å². The smallest absolute Gasteiger partial charge is 0.229 e. The number of hydrogen-bond acceptors (Lipinski definition) is 9. The second-order valence-electron chi connectivity index (χ2n) is 9.92. The number of ether oxygens (including phenoxy) is 1. The molecule has 1 saturated heterocycles. The average Bonchev–Trinajstić information content (AvgIpc) is 3.33. The molecule has 0 aliphatic carbocycles. The molecule has 3 aromatic heterocycles. The average molecular weight is 538 g/mol. The highest BCUT2D eigenvalue weighted by molar-refractivity contribution is 7.22. The van der Waals surface area contributed by atoms with Crippen LogP contribution < -0.4 is 19.9 Å². The van der Waals surface area contributed by atoms with Gasteiger partial charge in [0.1, 0.15) is 22.9 Å². The Bertz CT molecular complexity index is 1490. The number of halogens is 2. The Balaban J connectivity index is 1.28. The first-order valence-electron chi connectivity index (χ1n) is 12.7. The van der Waals surface area contributed by atoms with Gasteiger partial charge in [0.05, 0.1) is 23.4 Å². The summed E-state index contributed by atoms with van der Waals surface area (Å²) in [6.45, 7) is 9.13. The van der Waals surface area contributed by atoms with Crippen molar-refractivity contribution in [2.24, 2.45) is 0 Å². The maximum Gasteiger partial charge on any atom is 0.229 e. The van der Waals surface area contributed by atoms with Crippen LogP contribution in [0.3, 0.4) is 0 Å². The number of nitrogens with one attached hydrogen (secondary N) is 1. The molecule has 38 heavy (non-hydrogen) atoms. The van der Waals surface area contributed by atoms with Crippen molar-refractivity contribution in [3.63, 3.8) is 0 Å². The molecular weight excluding hydrogens is 508 g/mol. The molecule has 0 amide bonds. The maximum absolute atomic E-state index is 15.0. The van der Waals surface area contributed by atoms with E-state index in [1.165, 1.54) is 11.1 Å². The fourth-order valence-corrected chi connectivity index (χ4v) is 5.96. The van der Waals surface area contributed by atoms with Crippen molar-refractivity contribution in [3.8, 4) is 17.0 Å². The van der Waals surface area contributed by atoms with E-state index in [0.29, 0.717) is 30.2 Å². The van der Waals surface area contributed by atoms with E-state index < -0.39 is 11.6 Å². The summed E-state index contributed by atoms with van der Waals surface area (Å²) in [5, 5.41) is 5.36. The van der Waals surface area contributed by atoms with Gasteiger partial charge >= 0.3 is 0 Å². The van der Waals surface area contributed by atoms with Crippen molar-refractivity contribution in [1.82, 2.24) is 19.9 Å². The van der Waals surface area contributed by atoms with Gasteiger partial charge in [0.25, 0.3) is 0 Å². The molecule has 0 bridgehead atoms. The molecule has 0 radical (unpaired) electrons. The summed E-state index contributed by atoms with van der Waals surface area (Å²) in [4.78, 5) is 20.9. The zero-order chi connectivity index (χ0) is 26.4. The molecule has 0 saturated carbocycles. The van der Waals surface area contributed by atoms with E-state index in [-0.39, 0.29) is 23.4 Å². The Labute approximate surface area is 223 Å². The molecule has 0 unspecified atom stereocenters. The third kappa shape index (κ3) is 4.71. The number of pyridine rings is 1. The molecule has 1 fully saturated rings. The Kier molecular flexibility index (Phi) is 6.48. The van der Waals surface area contributed by atoms with E-state index in [1.54, 1.807) is 17.4 Å². The van der Waals surface area contributed by atoms with E-state index in [1.807, 2.05) is 30.9 Å². The van der Waals surface area contributed by atoms with E-state index in [2.05, 4.69) is 38.2 Å². The number of hydrogen-bond donors (Lipinski definition) is 1. The molecule has 0 spiro atoms. The predicted molar refractivity (Wildman–Crippen MR) is 148 cm³/mol. The third-order valence-corrected chi connectivity index (χ3v) is 8.08. The van der Waals surface area contributed by atoms with Crippen LogP contribution in [0.25, 0.3) is 21.5 Å². The zero-order valence-electron chi connectivity index (χ0n) is 21.5. The number of piperazine rings is 1. The summed E-state index contributed by atoms with van der Waals surface area (Å²) in [6, 6.07) is 9.14. The summed E-state index contributed by atoms with van der Waals surface area (Å²) in [6.07, 6.45) is 1.09. The quantitative estimate of drug-likeness (QED) is 0.376.